The first-order chi connectivity index (χ1) is 15.6. The molecule has 1 aliphatic rings. The molecule has 1 aromatic heterocycles. The normalized spacial score (nSPS) is 15.4. The Morgan fingerprint density at radius 1 is 1.22 bits per heavy atom. The van der Waals surface area contributed by atoms with Crippen molar-refractivity contribution >= 4 is 28.6 Å². The molecule has 2 aromatic carbocycles. The molecule has 1 aliphatic heterocycles. The second-order valence-corrected chi connectivity index (χ2v) is 9.18. The van der Waals surface area contributed by atoms with Crippen molar-refractivity contribution in [3.63, 3.8) is 0 Å². The average molecular weight is 451 g/mol. The van der Waals surface area contributed by atoms with Gasteiger partial charge in [-0.3, -0.25) is 9.78 Å². The highest BCUT2D eigenvalue weighted by atomic mass is 32.1. The Hall–Kier alpha value is -2.90. The van der Waals surface area contributed by atoms with Crippen LogP contribution >= 0.6 is 11.3 Å². The van der Waals surface area contributed by atoms with Gasteiger partial charge in [0.15, 0.2) is 0 Å². The minimum absolute atomic E-state index is 0.169. The van der Waals surface area contributed by atoms with Crippen LogP contribution in [0.4, 0.5) is 11.4 Å². The quantitative estimate of drug-likeness (QED) is 0.525. The fraction of sp³-hybridized carbons (Fsp3) is 0.360. The number of benzene rings is 2. The first-order valence-corrected chi connectivity index (χ1v) is 11.9. The van der Waals surface area contributed by atoms with Crippen LogP contribution in [0.3, 0.4) is 0 Å². The zero-order valence-electron chi connectivity index (χ0n) is 18.6. The van der Waals surface area contributed by atoms with Crippen molar-refractivity contribution in [2.24, 2.45) is 0 Å². The van der Waals surface area contributed by atoms with Crippen molar-refractivity contribution < 1.29 is 9.53 Å². The Kier molecular flexibility index (Phi) is 7.39. The Morgan fingerprint density at radius 3 is 2.78 bits per heavy atom. The lowest BCUT2D eigenvalue weighted by Gasteiger charge is -2.35. The van der Waals surface area contributed by atoms with Crippen LogP contribution < -0.4 is 20.3 Å². The molecule has 2 N–H and O–H groups in total. The largest absolute Gasteiger partial charge is 0.496 e. The van der Waals surface area contributed by atoms with Crippen molar-refractivity contribution in [2.45, 2.75) is 38.3 Å². The molecular weight excluding hydrogens is 420 g/mol. The van der Waals surface area contributed by atoms with Crippen molar-refractivity contribution in [1.29, 1.82) is 0 Å². The molecule has 0 bridgehead atoms. The van der Waals surface area contributed by atoms with Crippen molar-refractivity contribution in [3.05, 3.63) is 70.7 Å². The van der Waals surface area contributed by atoms with E-state index in [9.17, 15) is 4.79 Å². The number of anilines is 2. The van der Waals surface area contributed by atoms with E-state index >= 15 is 0 Å². The molecule has 1 atom stereocenters. The number of amides is 1. The number of piperidine rings is 1. The van der Waals surface area contributed by atoms with Gasteiger partial charge in [0, 0.05) is 47.6 Å². The number of hydrogen-bond donors (Lipinski definition) is 2. The third kappa shape index (κ3) is 5.66. The maximum atomic E-state index is 12.7. The predicted octanol–water partition coefficient (Wildman–Crippen LogP) is 4.59. The number of methoxy groups -OCH3 is 1. The van der Waals surface area contributed by atoms with Crippen molar-refractivity contribution in [3.8, 4) is 5.75 Å². The molecule has 1 amide bonds. The summed E-state index contributed by atoms with van der Waals surface area (Å²) in [5, 5.41) is 6.79. The summed E-state index contributed by atoms with van der Waals surface area (Å²) in [6, 6.07) is 16.3. The highest BCUT2D eigenvalue weighted by molar-refractivity contribution is 7.09. The fourth-order valence-electron chi connectivity index (χ4n) is 4.22. The molecule has 6 nitrogen and oxygen atoms in total. The molecule has 4 rings (SSSR count). The van der Waals surface area contributed by atoms with Crippen LogP contribution in [-0.4, -0.2) is 43.2 Å². The molecule has 1 fully saturated rings. The minimum Gasteiger partial charge on any atom is -0.496 e. The molecule has 3 aromatic rings. The smallest absolute Gasteiger partial charge is 0.259 e. The molecular formula is C25H30N4O2S. The highest BCUT2D eigenvalue weighted by Gasteiger charge is 2.21. The molecule has 2 heterocycles. The first-order valence-electron chi connectivity index (χ1n) is 11.0. The molecule has 1 unspecified atom stereocenters. The summed E-state index contributed by atoms with van der Waals surface area (Å²) in [7, 11) is 1.57. The van der Waals surface area contributed by atoms with Crippen LogP contribution in [0.1, 0.15) is 35.0 Å². The van der Waals surface area contributed by atoms with Gasteiger partial charge in [-0.15, -0.1) is 11.3 Å². The number of nitrogens with one attached hydrogen (secondary N) is 2. The van der Waals surface area contributed by atoms with Gasteiger partial charge >= 0.3 is 0 Å². The Balaban J connectivity index is 1.31. The standard InChI is InChI=1S/C25H30N4O2S/c1-18(14-22-16-26-17-32-22)27-19-10-12-29(13-11-19)21-7-5-6-20(15-21)28-25(30)23-8-3-4-9-24(23)31-2/h3-9,15-19,27H,10-14H2,1-2H3,(H,28,30). The Labute approximate surface area is 193 Å². The van der Waals surface area contributed by atoms with E-state index in [4.69, 9.17) is 4.74 Å². The molecule has 0 aliphatic carbocycles. The summed E-state index contributed by atoms with van der Waals surface area (Å²) in [5.41, 5.74) is 4.35. The number of aromatic nitrogens is 1. The van der Waals surface area contributed by atoms with E-state index in [1.54, 1.807) is 30.6 Å². The van der Waals surface area contributed by atoms with Gasteiger partial charge in [-0.1, -0.05) is 18.2 Å². The van der Waals surface area contributed by atoms with Gasteiger partial charge < -0.3 is 20.3 Å². The number of carbonyl (C=O) groups excluding carboxylic acids is 1. The van der Waals surface area contributed by atoms with Crippen LogP contribution in [-0.2, 0) is 6.42 Å². The third-order valence-corrected chi connectivity index (χ3v) is 6.63. The summed E-state index contributed by atoms with van der Waals surface area (Å²) < 4.78 is 5.31. The number of rotatable bonds is 8. The second kappa shape index (κ2) is 10.6. The number of ether oxygens (including phenoxy) is 1. The molecule has 0 saturated carbocycles. The van der Waals surface area contributed by atoms with Gasteiger partial charge in [0.25, 0.3) is 5.91 Å². The number of hydrogen-bond acceptors (Lipinski definition) is 6. The summed E-state index contributed by atoms with van der Waals surface area (Å²) in [6.45, 7) is 4.24. The number of nitrogens with zero attached hydrogens (tertiary/aromatic N) is 2. The maximum Gasteiger partial charge on any atom is 0.259 e. The lowest BCUT2D eigenvalue weighted by atomic mass is 10.0. The van der Waals surface area contributed by atoms with Crippen molar-refractivity contribution in [2.75, 3.05) is 30.4 Å². The molecule has 0 spiro atoms. The summed E-state index contributed by atoms with van der Waals surface area (Å²) in [6.07, 6.45) is 5.19. The number of para-hydroxylation sites is 1. The SMILES string of the molecule is COc1ccccc1C(=O)Nc1cccc(N2CCC(NC(C)Cc3cncs3)CC2)c1. The predicted molar refractivity (Wildman–Crippen MR) is 131 cm³/mol. The van der Waals surface area contributed by atoms with Crippen LogP contribution in [0.25, 0.3) is 0 Å². The maximum absolute atomic E-state index is 12.7. The molecule has 7 heteroatoms. The summed E-state index contributed by atoms with van der Waals surface area (Å²) >= 11 is 1.72. The van der Waals surface area contributed by atoms with E-state index in [0.717, 1.165) is 43.7 Å². The Bertz CT molecular complexity index is 1020. The zero-order chi connectivity index (χ0) is 22.3. The third-order valence-electron chi connectivity index (χ3n) is 5.83. The topological polar surface area (TPSA) is 66.5 Å². The second-order valence-electron chi connectivity index (χ2n) is 8.21. The van der Waals surface area contributed by atoms with E-state index in [-0.39, 0.29) is 5.91 Å². The summed E-state index contributed by atoms with van der Waals surface area (Å²) in [5.74, 6) is 0.401. The monoisotopic (exact) mass is 450 g/mol. The van der Waals surface area contributed by atoms with E-state index < -0.39 is 0 Å². The zero-order valence-corrected chi connectivity index (χ0v) is 19.4. The van der Waals surface area contributed by atoms with Crippen LogP contribution in [0.5, 0.6) is 5.75 Å². The molecule has 1 saturated heterocycles. The lowest BCUT2D eigenvalue weighted by Crippen LogP contribution is -2.46. The van der Waals surface area contributed by atoms with Crippen LogP contribution in [0.2, 0.25) is 0 Å². The van der Waals surface area contributed by atoms with E-state index in [1.165, 1.54) is 4.88 Å². The minimum atomic E-state index is -0.169. The van der Waals surface area contributed by atoms with Gasteiger partial charge in [-0.05, 0) is 56.5 Å². The average Bonchev–Trinajstić information content (AvgIpc) is 3.32. The van der Waals surface area contributed by atoms with Gasteiger partial charge in [0.05, 0.1) is 18.2 Å². The van der Waals surface area contributed by atoms with Gasteiger partial charge in [-0.25, -0.2) is 0 Å². The van der Waals surface area contributed by atoms with E-state index in [0.29, 0.717) is 23.4 Å². The van der Waals surface area contributed by atoms with Gasteiger partial charge in [-0.2, -0.15) is 0 Å². The number of carbonyl (C=O) groups is 1. The molecule has 0 radical (unpaired) electrons. The van der Waals surface area contributed by atoms with E-state index in [2.05, 4.69) is 33.5 Å². The van der Waals surface area contributed by atoms with Crippen LogP contribution in [0.15, 0.2) is 60.2 Å². The number of thiazole rings is 1. The summed E-state index contributed by atoms with van der Waals surface area (Å²) in [4.78, 5) is 20.6. The first kappa shape index (κ1) is 22.3. The van der Waals surface area contributed by atoms with E-state index in [1.807, 2.05) is 42.0 Å². The van der Waals surface area contributed by atoms with Crippen LogP contribution in [0, 0.1) is 0 Å². The highest BCUT2D eigenvalue weighted by Crippen LogP contribution is 2.25. The lowest BCUT2D eigenvalue weighted by molar-refractivity contribution is 0.102. The Morgan fingerprint density at radius 2 is 2.03 bits per heavy atom. The fourth-order valence-corrected chi connectivity index (χ4v) is 4.95. The van der Waals surface area contributed by atoms with Gasteiger partial charge in [0.2, 0.25) is 0 Å². The molecule has 32 heavy (non-hydrogen) atoms. The van der Waals surface area contributed by atoms with Gasteiger partial charge in [0.1, 0.15) is 5.75 Å². The molecule has 168 valence electrons. The van der Waals surface area contributed by atoms with Crippen molar-refractivity contribution in [1.82, 2.24) is 10.3 Å².